The van der Waals surface area contributed by atoms with Crippen molar-refractivity contribution in [3.05, 3.63) is 46.6 Å². The molecule has 1 aromatic carbocycles. The molecular weight excluding hydrogens is 386 g/mol. The van der Waals surface area contributed by atoms with Crippen LogP contribution in [0.3, 0.4) is 0 Å². The first-order chi connectivity index (χ1) is 12.7. The number of carbonyl (C=O) groups is 1. The first-order valence-corrected chi connectivity index (χ1v) is 10.9. The van der Waals surface area contributed by atoms with Crippen LogP contribution < -0.4 is 5.14 Å². The second-order valence-electron chi connectivity index (χ2n) is 6.86. The minimum absolute atomic E-state index is 0.100. The summed E-state index contributed by atoms with van der Waals surface area (Å²) >= 11 is 6.02. The third-order valence-electron chi connectivity index (χ3n) is 5.20. The molecule has 0 spiro atoms. The molecule has 1 saturated heterocycles. The predicted octanol–water partition coefficient (Wildman–Crippen LogP) is 3.55. The lowest BCUT2D eigenvalue weighted by atomic mass is 10.0. The fourth-order valence-corrected chi connectivity index (χ4v) is 4.61. The SMILES string of the molecule is CCC(=O)c1cc(-c2ccc(Cl)cc2)n(C2CCN(S(N)(=O)=O)CC2)c1C. The Bertz CT molecular complexity index is 943. The second-order valence-corrected chi connectivity index (χ2v) is 8.84. The number of ketones is 1. The lowest BCUT2D eigenvalue weighted by molar-refractivity contribution is 0.0987. The third kappa shape index (κ3) is 4.11. The highest BCUT2D eigenvalue weighted by Gasteiger charge is 2.29. The zero-order valence-electron chi connectivity index (χ0n) is 15.5. The number of carbonyl (C=O) groups excluding carboxylic acids is 1. The molecule has 0 amide bonds. The van der Waals surface area contributed by atoms with Gasteiger partial charge in [-0.15, -0.1) is 0 Å². The highest BCUT2D eigenvalue weighted by molar-refractivity contribution is 7.86. The summed E-state index contributed by atoms with van der Waals surface area (Å²) in [4.78, 5) is 12.4. The summed E-state index contributed by atoms with van der Waals surface area (Å²) in [5.41, 5.74) is 3.57. The van der Waals surface area contributed by atoms with Crippen molar-refractivity contribution >= 4 is 27.6 Å². The Morgan fingerprint density at radius 3 is 2.33 bits per heavy atom. The second kappa shape index (κ2) is 7.75. The number of aromatic nitrogens is 1. The number of nitrogens with two attached hydrogens (primary N) is 1. The van der Waals surface area contributed by atoms with Gasteiger partial charge in [0.1, 0.15) is 0 Å². The van der Waals surface area contributed by atoms with Crippen LogP contribution in [0.2, 0.25) is 5.02 Å². The Hall–Kier alpha value is -1.67. The van der Waals surface area contributed by atoms with Crippen molar-refractivity contribution in [2.75, 3.05) is 13.1 Å². The van der Waals surface area contributed by atoms with E-state index in [0.717, 1.165) is 22.5 Å². The molecule has 3 rings (SSSR count). The topological polar surface area (TPSA) is 85.4 Å². The Morgan fingerprint density at radius 2 is 1.81 bits per heavy atom. The average Bonchev–Trinajstić information content (AvgIpc) is 2.98. The molecule has 146 valence electrons. The van der Waals surface area contributed by atoms with E-state index in [1.54, 1.807) is 0 Å². The maximum atomic E-state index is 12.4. The molecule has 1 fully saturated rings. The van der Waals surface area contributed by atoms with Crippen LogP contribution in [0.5, 0.6) is 0 Å². The van der Waals surface area contributed by atoms with Crippen molar-refractivity contribution in [1.29, 1.82) is 0 Å². The molecule has 8 heteroatoms. The molecule has 0 bridgehead atoms. The number of rotatable bonds is 5. The highest BCUT2D eigenvalue weighted by Crippen LogP contribution is 2.35. The van der Waals surface area contributed by atoms with E-state index in [4.69, 9.17) is 16.7 Å². The van der Waals surface area contributed by atoms with Gasteiger partial charge in [-0.1, -0.05) is 30.7 Å². The van der Waals surface area contributed by atoms with Crippen LogP contribution in [-0.2, 0) is 10.2 Å². The van der Waals surface area contributed by atoms with Crippen LogP contribution in [-0.4, -0.2) is 36.2 Å². The molecule has 0 aliphatic carbocycles. The van der Waals surface area contributed by atoms with Gasteiger partial charge in [-0.05, 0) is 43.5 Å². The van der Waals surface area contributed by atoms with Crippen LogP contribution in [0, 0.1) is 6.92 Å². The number of piperidine rings is 1. The molecule has 0 radical (unpaired) electrons. The molecule has 0 unspecified atom stereocenters. The minimum atomic E-state index is -3.67. The molecule has 2 N–H and O–H groups in total. The average molecular weight is 410 g/mol. The monoisotopic (exact) mass is 409 g/mol. The van der Waals surface area contributed by atoms with Crippen LogP contribution in [0.4, 0.5) is 0 Å². The van der Waals surface area contributed by atoms with Crippen LogP contribution in [0.25, 0.3) is 11.3 Å². The Kier molecular flexibility index (Phi) is 5.76. The van der Waals surface area contributed by atoms with Gasteiger partial charge in [0.25, 0.3) is 10.2 Å². The van der Waals surface area contributed by atoms with E-state index < -0.39 is 10.2 Å². The molecule has 2 heterocycles. The first-order valence-electron chi connectivity index (χ1n) is 9.01. The molecule has 1 aromatic heterocycles. The zero-order chi connectivity index (χ0) is 19.8. The molecule has 1 aliphatic heterocycles. The number of Topliss-reactive ketones (excluding diaryl/α,β-unsaturated/α-hetero) is 1. The first kappa shape index (κ1) is 20.1. The fourth-order valence-electron chi connectivity index (χ4n) is 3.76. The Morgan fingerprint density at radius 1 is 1.22 bits per heavy atom. The molecule has 0 atom stereocenters. The van der Waals surface area contributed by atoms with Gasteiger partial charge >= 0.3 is 0 Å². The fraction of sp³-hybridized carbons (Fsp3) is 0.421. The number of benzene rings is 1. The van der Waals surface area contributed by atoms with Crippen molar-refractivity contribution in [3.63, 3.8) is 0 Å². The zero-order valence-corrected chi connectivity index (χ0v) is 17.1. The quantitative estimate of drug-likeness (QED) is 0.766. The largest absolute Gasteiger partial charge is 0.341 e. The molecule has 1 aliphatic rings. The summed E-state index contributed by atoms with van der Waals surface area (Å²) in [6.45, 7) is 4.55. The van der Waals surface area contributed by atoms with Crippen LogP contribution >= 0.6 is 11.6 Å². The highest BCUT2D eigenvalue weighted by atomic mass is 35.5. The van der Waals surface area contributed by atoms with E-state index in [0.29, 0.717) is 37.4 Å². The number of nitrogens with zero attached hydrogens (tertiary/aromatic N) is 2. The standard InChI is InChI=1S/C19H24ClN3O3S/c1-3-19(24)17-12-18(14-4-6-15(20)7-5-14)23(13(17)2)16-8-10-22(11-9-16)27(21,25)26/h4-7,12,16H,3,8-11H2,1-2H3,(H2,21,25,26). The van der Waals surface area contributed by atoms with Crippen molar-refractivity contribution in [1.82, 2.24) is 8.87 Å². The Labute approximate surface area is 165 Å². The number of halogens is 1. The van der Waals surface area contributed by atoms with E-state index in [-0.39, 0.29) is 11.8 Å². The Balaban J connectivity index is 2.02. The lowest BCUT2D eigenvalue weighted by Crippen LogP contribution is -2.42. The molecule has 6 nitrogen and oxygen atoms in total. The van der Waals surface area contributed by atoms with E-state index in [1.165, 1.54) is 4.31 Å². The summed E-state index contributed by atoms with van der Waals surface area (Å²) in [6, 6.07) is 9.58. The predicted molar refractivity (Wildman–Crippen MR) is 107 cm³/mol. The molecule has 27 heavy (non-hydrogen) atoms. The summed E-state index contributed by atoms with van der Waals surface area (Å²) in [6.07, 6.45) is 1.73. The summed E-state index contributed by atoms with van der Waals surface area (Å²) in [5, 5.41) is 5.91. The van der Waals surface area contributed by atoms with Crippen molar-refractivity contribution in [3.8, 4) is 11.3 Å². The van der Waals surface area contributed by atoms with Crippen molar-refractivity contribution < 1.29 is 13.2 Å². The van der Waals surface area contributed by atoms with E-state index >= 15 is 0 Å². The van der Waals surface area contributed by atoms with Gasteiger partial charge in [-0.2, -0.15) is 12.7 Å². The minimum Gasteiger partial charge on any atom is -0.341 e. The molecule has 2 aromatic rings. The van der Waals surface area contributed by atoms with E-state index in [2.05, 4.69) is 4.57 Å². The lowest BCUT2D eigenvalue weighted by Gasteiger charge is -2.32. The maximum absolute atomic E-state index is 12.4. The summed E-state index contributed by atoms with van der Waals surface area (Å²) in [7, 11) is -3.67. The van der Waals surface area contributed by atoms with E-state index in [9.17, 15) is 13.2 Å². The molecule has 0 saturated carbocycles. The van der Waals surface area contributed by atoms with Crippen molar-refractivity contribution in [2.45, 2.75) is 39.2 Å². The summed E-state index contributed by atoms with van der Waals surface area (Å²) in [5.74, 6) is 0.100. The normalized spacial score (nSPS) is 16.6. The van der Waals surface area contributed by atoms with Gasteiger partial charge in [-0.3, -0.25) is 4.79 Å². The molecular formula is C19H24ClN3O3S. The smallest absolute Gasteiger partial charge is 0.276 e. The van der Waals surface area contributed by atoms with Crippen LogP contribution in [0.15, 0.2) is 30.3 Å². The van der Waals surface area contributed by atoms with Gasteiger partial charge in [0, 0.05) is 47.5 Å². The van der Waals surface area contributed by atoms with Gasteiger partial charge in [0.2, 0.25) is 0 Å². The van der Waals surface area contributed by atoms with Gasteiger partial charge in [0.15, 0.2) is 5.78 Å². The van der Waals surface area contributed by atoms with E-state index in [1.807, 2.05) is 44.2 Å². The van der Waals surface area contributed by atoms with Gasteiger partial charge in [-0.25, -0.2) is 5.14 Å². The summed E-state index contributed by atoms with van der Waals surface area (Å²) < 4.78 is 26.7. The van der Waals surface area contributed by atoms with Gasteiger partial charge in [0.05, 0.1) is 0 Å². The maximum Gasteiger partial charge on any atom is 0.276 e. The van der Waals surface area contributed by atoms with Gasteiger partial charge < -0.3 is 4.57 Å². The number of hydrogen-bond donors (Lipinski definition) is 1. The number of hydrogen-bond acceptors (Lipinski definition) is 3. The van der Waals surface area contributed by atoms with Crippen molar-refractivity contribution in [2.24, 2.45) is 5.14 Å². The van der Waals surface area contributed by atoms with Crippen LogP contribution in [0.1, 0.15) is 48.3 Å². The third-order valence-corrected chi connectivity index (χ3v) is 6.54.